The van der Waals surface area contributed by atoms with Gasteiger partial charge in [-0.15, -0.1) is 0 Å². The molecule has 136 valence electrons. The molecule has 0 fully saturated rings. The van der Waals surface area contributed by atoms with Gasteiger partial charge < -0.3 is 9.84 Å². The summed E-state index contributed by atoms with van der Waals surface area (Å²) in [6.45, 7) is 6.03. The maximum Gasteiger partial charge on any atom is 0.274 e. The summed E-state index contributed by atoms with van der Waals surface area (Å²) in [6, 6.07) is 5.60. The second kappa shape index (κ2) is 6.64. The highest BCUT2D eigenvalue weighted by molar-refractivity contribution is 6.04. The van der Waals surface area contributed by atoms with Gasteiger partial charge >= 0.3 is 0 Å². The molecule has 8 nitrogen and oxygen atoms in total. The average Bonchev–Trinajstić information content (AvgIpc) is 3.32. The Morgan fingerprint density at radius 2 is 2.04 bits per heavy atom. The first-order chi connectivity index (χ1) is 13.0. The first-order valence-corrected chi connectivity index (χ1v) is 8.54. The van der Waals surface area contributed by atoms with E-state index in [1.807, 2.05) is 31.3 Å². The van der Waals surface area contributed by atoms with E-state index in [-0.39, 0.29) is 11.8 Å². The summed E-state index contributed by atoms with van der Waals surface area (Å²) in [5.74, 6) is 0.464. The van der Waals surface area contributed by atoms with E-state index >= 15 is 0 Å². The van der Waals surface area contributed by atoms with Crippen LogP contribution in [0.2, 0.25) is 0 Å². The van der Waals surface area contributed by atoms with Crippen LogP contribution in [0.3, 0.4) is 0 Å². The number of anilines is 1. The van der Waals surface area contributed by atoms with E-state index in [0.717, 1.165) is 16.8 Å². The molecule has 0 atom stereocenters. The number of fused-ring (bicyclic) bond motifs is 1. The van der Waals surface area contributed by atoms with Crippen molar-refractivity contribution in [3.63, 3.8) is 0 Å². The number of aryl methyl sites for hydroxylation is 1. The molecule has 0 aliphatic heterocycles. The van der Waals surface area contributed by atoms with Crippen LogP contribution in [-0.4, -0.2) is 30.4 Å². The van der Waals surface area contributed by atoms with Crippen molar-refractivity contribution in [1.29, 1.82) is 0 Å². The van der Waals surface area contributed by atoms with E-state index in [1.165, 1.54) is 6.39 Å². The predicted octanol–water partition coefficient (Wildman–Crippen LogP) is 3.46. The molecule has 1 N–H and O–H groups in total. The van der Waals surface area contributed by atoms with E-state index in [2.05, 4.69) is 39.3 Å². The average molecular weight is 362 g/mol. The number of aromatic nitrogens is 5. The minimum Gasteiger partial charge on any atom is -0.342 e. The number of carbonyl (C=O) groups excluding carboxylic acids is 1. The van der Waals surface area contributed by atoms with Crippen molar-refractivity contribution in [3.05, 3.63) is 60.1 Å². The Labute approximate surface area is 155 Å². The van der Waals surface area contributed by atoms with Gasteiger partial charge in [-0.05, 0) is 24.5 Å². The van der Waals surface area contributed by atoms with Crippen LogP contribution in [0, 0.1) is 6.92 Å². The molecule has 0 radical (unpaired) electrons. The van der Waals surface area contributed by atoms with Gasteiger partial charge in [0, 0.05) is 17.4 Å². The first-order valence-electron chi connectivity index (χ1n) is 8.54. The molecule has 4 aromatic rings. The largest absolute Gasteiger partial charge is 0.342 e. The van der Waals surface area contributed by atoms with Crippen LogP contribution in [0.1, 0.15) is 41.5 Å². The van der Waals surface area contributed by atoms with Gasteiger partial charge in [0.2, 0.25) is 12.2 Å². The third-order valence-electron chi connectivity index (χ3n) is 4.35. The fraction of sp³-hybridized carbons (Fsp3) is 0.211. The fourth-order valence-electron chi connectivity index (χ4n) is 2.75. The topological polar surface area (TPSA) is 98.2 Å². The summed E-state index contributed by atoms with van der Waals surface area (Å²) in [6.07, 6.45) is 6.35. The maximum absolute atomic E-state index is 12.9. The second-order valence-electron chi connectivity index (χ2n) is 6.58. The van der Waals surface area contributed by atoms with Gasteiger partial charge in [-0.1, -0.05) is 31.1 Å². The van der Waals surface area contributed by atoms with E-state index in [9.17, 15) is 4.79 Å². The molecule has 8 heteroatoms. The molecule has 0 saturated carbocycles. The monoisotopic (exact) mass is 362 g/mol. The molecule has 27 heavy (non-hydrogen) atoms. The Hall–Kier alpha value is -3.55. The van der Waals surface area contributed by atoms with Crippen molar-refractivity contribution in [1.82, 2.24) is 24.5 Å². The van der Waals surface area contributed by atoms with Crippen molar-refractivity contribution in [2.24, 2.45) is 0 Å². The molecule has 0 bridgehead atoms. The lowest BCUT2D eigenvalue weighted by molar-refractivity contribution is 0.102. The number of benzene rings is 1. The molecule has 0 aliphatic carbocycles. The van der Waals surface area contributed by atoms with E-state index in [0.29, 0.717) is 22.9 Å². The van der Waals surface area contributed by atoms with Crippen LogP contribution >= 0.6 is 0 Å². The van der Waals surface area contributed by atoms with Crippen molar-refractivity contribution in [2.45, 2.75) is 26.7 Å². The zero-order chi connectivity index (χ0) is 19.0. The number of hydrogen-bond acceptors (Lipinski definition) is 6. The van der Waals surface area contributed by atoms with Crippen LogP contribution in [-0.2, 0) is 0 Å². The fourth-order valence-corrected chi connectivity index (χ4v) is 2.75. The highest BCUT2D eigenvalue weighted by atomic mass is 16.5. The number of carbonyl (C=O) groups is 1. The minimum atomic E-state index is -0.253. The predicted molar refractivity (Wildman–Crippen MR) is 99.5 cm³/mol. The van der Waals surface area contributed by atoms with Crippen LogP contribution in [0.4, 0.5) is 5.69 Å². The third-order valence-corrected chi connectivity index (χ3v) is 4.35. The Bertz CT molecular complexity index is 1110. The molecular formula is C19H18N6O2. The summed E-state index contributed by atoms with van der Waals surface area (Å²) in [5, 5.41) is 6.78. The van der Waals surface area contributed by atoms with Gasteiger partial charge in [-0.3, -0.25) is 14.2 Å². The Morgan fingerprint density at radius 1 is 1.19 bits per heavy atom. The lowest BCUT2D eigenvalue weighted by Gasteiger charge is -2.10. The Kier molecular flexibility index (Phi) is 4.15. The highest BCUT2D eigenvalue weighted by Gasteiger charge is 2.16. The van der Waals surface area contributed by atoms with Gasteiger partial charge in [0.25, 0.3) is 5.91 Å². The Morgan fingerprint density at radius 3 is 2.78 bits per heavy atom. The molecule has 1 amide bonds. The van der Waals surface area contributed by atoms with Crippen LogP contribution in [0.25, 0.3) is 17.0 Å². The van der Waals surface area contributed by atoms with E-state index in [4.69, 9.17) is 4.52 Å². The SMILES string of the molecule is Cc1ccc(-c2ncon2)cc1NC(=O)c1cnc2cnc(C(C)C)cn12. The number of nitrogens with one attached hydrogen (secondary N) is 1. The highest BCUT2D eigenvalue weighted by Crippen LogP contribution is 2.24. The van der Waals surface area contributed by atoms with Gasteiger partial charge in [-0.2, -0.15) is 4.98 Å². The summed E-state index contributed by atoms with van der Waals surface area (Å²) >= 11 is 0. The quantitative estimate of drug-likeness (QED) is 0.597. The molecular weight excluding hydrogens is 344 g/mol. The number of hydrogen-bond donors (Lipinski definition) is 1. The second-order valence-corrected chi connectivity index (χ2v) is 6.58. The summed E-state index contributed by atoms with van der Waals surface area (Å²) in [7, 11) is 0. The van der Waals surface area contributed by atoms with Crippen molar-refractivity contribution < 1.29 is 9.32 Å². The third kappa shape index (κ3) is 3.17. The Balaban J connectivity index is 1.67. The van der Waals surface area contributed by atoms with Crippen molar-refractivity contribution in [3.8, 4) is 11.4 Å². The molecule has 0 aliphatic rings. The van der Waals surface area contributed by atoms with E-state index in [1.54, 1.807) is 16.8 Å². The normalized spacial score (nSPS) is 11.3. The van der Waals surface area contributed by atoms with Gasteiger partial charge in [0.05, 0.1) is 18.1 Å². The molecule has 4 rings (SSSR count). The van der Waals surface area contributed by atoms with E-state index < -0.39 is 0 Å². The first kappa shape index (κ1) is 16.9. The van der Waals surface area contributed by atoms with Gasteiger partial charge in [0.15, 0.2) is 5.65 Å². The van der Waals surface area contributed by atoms with Crippen LogP contribution in [0.5, 0.6) is 0 Å². The molecule has 1 aromatic carbocycles. The van der Waals surface area contributed by atoms with Crippen LogP contribution < -0.4 is 5.32 Å². The smallest absolute Gasteiger partial charge is 0.274 e. The van der Waals surface area contributed by atoms with Crippen molar-refractivity contribution >= 4 is 17.2 Å². The van der Waals surface area contributed by atoms with Gasteiger partial charge in [0.1, 0.15) is 5.69 Å². The number of imidazole rings is 1. The van der Waals surface area contributed by atoms with Crippen molar-refractivity contribution in [2.75, 3.05) is 5.32 Å². The molecule has 0 spiro atoms. The lowest BCUT2D eigenvalue weighted by Crippen LogP contribution is -2.15. The zero-order valence-electron chi connectivity index (χ0n) is 15.2. The lowest BCUT2D eigenvalue weighted by atomic mass is 10.1. The minimum absolute atomic E-state index is 0.251. The standard InChI is InChI=1S/C19H18N6O2/c1-11(2)15-9-25-16(7-21-17(25)8-20-15)19(26)23-14-6-13(5-4-12(14)3)18-22-10-27-24-18/h4-11H,1-3H3,(H,23,26). The zero-order valence-corrected chi connectivity index (χ0v) is 15.2. The van der Waals surface area contributed by atoms with Crippen LogP contribution in [0.15, 0.2) is 47.7 Å². The molecule has 0 unspecified atom stereocenters. The number of amides is 1. The molecule has 3 heterocycles. The summed E-state index contributed by atoms with van der Waals surface area (Å²) in [5.41, 5.74) is 4.32. The molecule has 3 aromatic heterocycles. The molecule has 0 saturated heterocycles. The maximum atomic E-state index is 12.9. The number of rotatable bonds is 4. The summed E-state index contributed by atoms with van der Waals surface area (Å²) < 4.78 is 6.55. The number of nitrogens with zero attached hydrogens (tertiary/aromatic N) is 5. The summed E-state index contributed by atoms with van der Waals surface area (Å²) in [4.78, 5) is 25.6. The van der Waals surface area contributed by atoms with Gasteiger partial charge in [-0.25, -0.2) is 4.98 Å².